The molecule has 0 aliphatic rings. The van der Waals surface area contributed by atoms with Gasteiger partial charge in [0.05, 0.1) is 24.8 Å². The van der Waals surface area contributed by atoms with Gasteiger partial charge in [0, 0.05) is 6.54 Å². The first-order valence-electron chi connectivity index (χ1n) is 12.3. The number of nitrogens with zero attached hydrogens (tertiary/aromatic N) is 1. The molecule has 4 rings (SSSR count). The van der Waals surface area contributed by atoms with Crippen LogP contribution < -0.4 is 23.8 Å². The molecule has 0 radical (unpaired) electrons. The summed E-state index contributed by atoms with van der Waals surface area (Å²) in [6, 6.07) is 29.4. The number of amides is 1. The second-order valence-electron chi connectivity index (χ2n) is 8.52. The lowest BCUT2D eigenvalue weighted by Crippen LogP contribution is -2.41. The highest BCUT2D eigenvalue weighted by Crippen LogP contribution is 2.29. The van der Waals surface area contributed by atoms with Gasteiger partial charge in [-0.25, -0.2) is 8.42 Å². The highest BCUT2D eigenvalue weighted by Gasteiger charge is 2.27. The number of benzene rings is 4. The Morgan fingerprint density at radius 2 is 1.38 bits per heavy atom. The molecule has 202 valence electrons. The van der Waals surface area contributed by atoms with Crippen LogP contribution in [0.25, 0.3) is 0 Å². The zero-order valence-corrected chi connectivity index (χ0v) is 22.6. The van der Waals surface area contributed by atoms with Crippen LogP contribution in [0.1, 0.15) is 5.56 Å². The van der Waals surface area contributed by atoms with E-state index in [0.29, 0.717) is 41.7 Å². The van der Waals surface area contributed by atoms with Crippen LogP contribution >= 0.6 is 0 Å². The maximum absolute atomic E-state index is 13.6. The van der Waals surface area contributed by atoms with E-state index in [1.165, 1.54) is 12.1 Å². The molecular weight excluding hydrogens is 516 g/mol. The van der Waals surface area contributed by atoms with E-state index in [4.69, 9.17) is 14.2 Å². The normalized spacial score (nSPS) is 10.9. The van der Waals surface area contributed by atoms with E-state index in [-0.39, 0.29) is 11.4 Å². The van der Waals surface area contributed by atoms with Crippen molar-refractivity contribution in [3.05, 3.63) is 109 Å². The van der Waals surface area contributed by atoms with Crippen molar-refractivity contribution < 1.29 is 27.4 Å². The standard InChI is InChI=1S/C30H30N2O6S/c1-36-28-18-13-23(21-29(28)37-2)19-20-31-30(33)22-32(39(34,35)27-11-7-4-8-12-27)24-14-16-26(17-15-24)38-25-9-5-3-6-10-25/h3-18,21H,19-20,22H2,1-2H3,(H,31,33). The number of para-hydroxylation sites is 1. The van der Waals surface area contributed by atoms with Gasteiger partial charge in [-0.05, 0) is 72.6 Å². The Labute approximate surface area is 228 Å². The minimum absolute atomic E-state index is 0.0905. The predicted octanol–water partition coefficient (Wildman–Crippen LogP) is 5.05. The van der Waals surface area contributed by atoms with Crippen molar-refractivity contribution in [2.24, 2.45) is 0 Å². The predicted molar refractivity (Wildman–Crippen MR) is 150 cm³/mol. The molecule has 0 saturated carbocycles. The van der Waals surface area contributed by atoms with Crippen molar-refractivity contribution >= 4 is 21.6 Å². The van der Waals surface area contributed by atoms with Crippen molar-refractivity contribution in [2.75, 3.05) is 31.6 Å². The maximum atomic E-state index is 13.6. The fourth-order valence-electron chi connectivity index (χ4n) is 3.91. The Morgan fingerprint density at radius 1 is 0.769 bits per heavy atom. The number of carbonyl (C=O) groups excluding carboxylic acids is 1. The van der Waals surface area contributed by atoms with Crippen LogP contribution in [-0.4, -0.2) is 41.6 Å². The molecule has 0 saturated heterocycles. The molecule has 4 aromatic rings. The Balaban J connectivity index is 1.49. The average molecular weight is 547 g/mol. The molecule has 0 aliphatic heterocycles. The molecule has 1 N–H and O–H groups in total. The number of nitrogens with one attached hydrogen (secondary N) is 1. The summed E-state index contributed by atoms with van der Waals surface area (Å²) in [5.41, 5.74) is 1.28. The highest BCUT2D eigenvalue weighted by atomic mass is 32.2. The SMILES string of the molecule is COc1ccc(CCNC(=O)CN(c2ccc(Oc3ccccc3)cc2)S(=O)(=O)c2ccccc2)cc1OC. The molecule has 1 amide bonds. The molecule has 0 aromatic heterocycles. The molecule has 39 heavy (non-hydrogen) atoms. The number of rotatable bonds is 12. The minimum atomic E-state index is -4.01. The van der Waals surface area contributed by atoms with E-state index in [2.05, 4.69) is 5.32 Å². The molecule has 0 unspecified atom stereocenters. The number of methoxy groups -OCH3 is 2. The number of hydrogen-bond donors (Lipinski definition) is 1. The monoisotopic (exact) mass is 546 g/mol. The maximum Gasteiger partial charge on any atom is 0.264 e. The molecule has 4 aromatic carbocycles. The summed E-state index contributed by atoms with van der Waals surface area (Å²) in [7, 11) is -0.886. The fraction of sp³-hybridized carbons (Fsp3) is 0.167. The van der Waals surface area contributed by atoms with Crippen LogP contribution in [0.5, 0.6) is 23.0 Å². The summed E-state index contributed by atoms with van der Waals surface area (Å²) in [6.07, 6.45) is 0.531. The van der Waals surface area contributed by atoms with E-state index in [0.717, 1.165) is 9.87 Å². The largest absolute Gasteiger partial charge is 0.493 e. The molecule has 8 nitrogen and oxygen atoms in total. The second-order valence-corrected chi connectivity index (χ2v) is 10.4. The van der Waals surface area contributed by atoms with Gasteiger partial charge in [-0.3, -0.25) is 9.10 Å². The van der Waals surface area contributed by atoms with Crippen molar-refractivity contribution in [3.8, 4) is 23.0 Å². The smallest absolute Gasteiger partial charge is 0.264 e. The van der Waals surface area contributed by atoms with E-state index in [9.17, 15) is 13.2 Å². The summed E-state index contributed by atoms with van der Waals surface area (Å²) in [5.74, 6) is 1.99. The molecule has 0 aliphatic carbocycles. The van der Waals surface area contributed by atoms with Gasteiger partial charge in [0.25, 0.3) is 10.0 Å². The van der Waals surface area contributed by atoms with Gasteiger partial charge in [-0.1, -0.05) is 42.5 Å². The number of carbonyl (C=O) groups is 1. The molecule has 0 atom stereocenters. The second kappa shape index (κ2) is 12.8. The van der Waals surface area contributed by atoms with Crippen molar-refractivity contribution in [1.82, 2.24) is 5.32 Å². The van der Waals surface area contributed by atoms with Crippen molar-refractivity contribution in [3.63, 3.8) is 0 Å². The van der Waals surface area contributed by atoms with E-state index >= 15 is 0 Å². The molecule has 9 heteroatoms. The average Bonchev–Trinajstić information content (AvgIpc) is 2.97. The number of ether oxygens (including phenoxy) is 3. The summed E-state index contributed by atoms with van der Waals surface area (Å²) in [6.45, 7) is -0.0700. The Morgan fingerprint density at radius 3 is 2.03 bits per heavy atom. The quantitative estimate of drug-likeness (QED) is 0.267. The Kier molecular flexibility index (Phi) is 9.06. The van der Waals surface area contributed by atoms with Gasteiger partial charge in [0.15, 0.2) is 11.5 Å². The lowest BCUT2D eigenvalue weighted by Gasteiger charge is -2.24. The minimum Gasteiger partial charge on any atom is -0.493 e. The first-order valence-corrected chi connectivity index (χ1v) is 13.7. The highest BCUT2D eigenvalue weighted by molar-refractivity contribution is 7.92. The van der Waals surface area contributed by atoms with Gasteiger partial charge >= 0.3 is 0 Å². The lowest BCUT2D eigenvalue weighted by atomic mass is 10.1. The van der Waals surface area contributed by atoms with Gasteiger partial charge in [0.1, 0.15) is 18.0 Å². The van der Waals surface area contributed by atoms with Crippen molar-refractivity contribution in [1.29, 1.82) is 0 Å². The topological polar surface area (TPSA) is 94.2 Å². The van der Waals surface area contributed by atoms with Crippen LogP contribution in [0, 0.1) is 0 Å². The summed E-state index contributed by atoms with van der Waals surface area (Å²) in [5, 5.41) is 2.82. The van der Waals surface area contributed by atoms with Crippen LogP contribution in [0.2, 0.25) is 0 Å². The van der Waals surface area contributed by atoms with Crippen LogP contribution in [-0.2, 0) is 21.2 Å². The molecule has 0 heterocycles. The number of sulfonamides is 1. The van der Waals surface area contributed by atoms with Gasteiger partial charge in [-0.2, -0.15) is 0 Å². The van der Waals surface area contributed by atoms with E-state index in [1.54, 1.807) is 62.8 Å². The molecule has 0 bridgehead atoms. The summed E-state index contributed by atoms with van der Waals surface area (Å²) < 4.78 is 44.6. The third kappa shape index (κ3) is 7.08. The Bertz CT molecular complexity index is 1480. The van der Waals surface area contributed by atoms with E-state index < -0.39 is 15.9 Å². The lowest BCUT2D eigenvalue weighted by molar-refractivity contribution is -0.119. The zero-order valence-electron chi connectivity index (χ0n) is 21.7. The molecule has 0 fully saturated rings. The number of anilines is 1. The third-order valence-electron chi connectivity index (χ3n) is 5.91. The van der Waals surface area contributed by atoms with Gasteiger partial charge in [0.2, 0.25) is 5.91 Å². The zero-order chi connectivity index (χ0) is 27.7. The van der Waals surface area contributed by atoms with Crippen LogP contribution in [0.15, 0.2) is 108 Å². The van der Waals surface area contributed by atoms with Crippen LogP contribution in [0.4, 0.5) is 5.69 Å². The number of hydrogen-bond acceptors (Lipinski definition) is 6. The van der Waals surface area contributed by atoms with Gasteiger partial charge < -0.3 is 19.5 Å². The first-order chi connectivity index (χ1) is 18.9. The third-order valence-corrected chi connectivity index (χ3v) is 7.69. The summed E-state index contributed by atoms with van der Waals surface area (Å²) in [4.78, 5) is 13.0. The fourth-order valence-corrected chi connectivity index (χ4v) is 5.35. The van der Waals surface area contributed by atoms with Crippen molar-refractivity contribution in [2.45, 2.75) is 11.3 Å². The molecular formula is C30H30N2O6S. The van der Waals surface area contributed by atoms with Gasteiger partial charge in [-0.15, -0.1) is 0 Å². The first kappa shape index (κ1) is 27.5. The van der Waals surface area contributed by atoms with Crippen LogP contribution in [0.3, 0.4) is 0 Å². The molecule has 0 spiro atoms. The summed E-state index contributed by atoms with van der Waals surface area (Å²) >= 11 is 0. The van der Waals surface area contributed by atoms with E-state index in [1.807, 2.05) is 42.5 Å². The Hall–Kier alpha value is -4.50.